The Morgan fingerprint density at radius 2 is 2.13 bits per heavy atom. The molecule has 1 atom stereocenters. The summed E-state index contributed by atoms with van der Waals surface area (Å²) >= 11 is 3.24. The van der Waals surface area contributed by atoms with Gasteiger partial charge in [-0.05, 0) is 44.0 Å². The third-order valence-corrected chi connectivity index (χ3v) is 7.20. The lowest BCUT2D eigenvalue weighted by molar-refractivity contribution is -0.118. The number of rotatable bonds is 8. The number of thiazole rings is 1. The minimum Gasteiger partial charge on any atom is -0.494 e. The first kappa shape index (κ1) is 21.2. The van der Waals surface area contributed by atoms with Gasteiger partial charge in [-0.3, -0.25) is 9.69 Å². The second-order valence-electron chi connectivity index (χ2n) is 7.35. The number of carbonyl (C=O) groups is 1. The Morgan fingerprint density at radius 3 is 2.87 bits per heavy atom. The van der Waals surface area contributed by atoms with Crippen LogP contribution in [0.2, 0.25) is 0 Å². The molecular formula is C23H26N2O3S2. The van der Waals surface area contributed by atoms with Crippen molar-refractivity contribution in [1.82, 2.24) is 4.98 Å². The fourth-order valence-electron chi connectivity index (χ4n) is 3.50. The molecule has 4 rings (SSSR count). The van der Waals surface area contributed by atoms with Crippen LogP contribution in [0.3, 0.4) is 0 Å². The first-order valence-corrected chi connectivity index (χ1v) is 12.0. The van der Waals surface area contributed by atoms with Crippen LogP contribution >= 0.6 is 23.1 Å². The van der Waals surface area contributed by atoms with Gasteiger partial charge >= 0.3 is 0 Å². The van der Waals surface area contributed by atoms with Crippen molar-refractivity contribution in [3.05, 3.63) is 48.0 Å². The van der Waals surface area contributed by atoms with Crippen molar-refractivity contribution in [2.24, 2.45) is 0 Å². The molecule has 2 heterocycles. The third-order valence-electron chi connectivity index (χ3n) is 5.14. The molecule has 0 radical (unpaired) electrons. The van der Waals surface area contributed by atoms with Gasteiger partial charge in [0, 0.05) is 23.7 Å². The van der Waals surface area contributed by atoms with Crippen LogP contribution in [0.25, 0.3) is 10.2 Å². The summed E-state index contributed by atoms with van der Waals surface area (Å²) in [7, 11) is 1.64. The standard InChI is InChI=1S/C23H26N2O3S2/c1-16-8-10-18(11-9-16)29-14-12-21(26)25(15-17-5-4-13-28-17)23-24-22-19(27-2)6-3-7-20(22)30-23/h3,6-11,17H,4-5,12-15H2,1-2H3. The van der Waals surface area contributed by atoms with E-state index in [-0.39, 0.29) is 12.0 Å². The molecule has 1 unspecified atom stereocenters. The van der Waals surface area contributed by atoms with Crippen molar-refractivity contribution in [1.29, 1.82) is 0 Å². The molecule has 0 aliphatic carbocycles. The van der Waals surface area contributed by atoms with E-state index in [0.29, 0.717) is 13.0 Å². The van der Waals surface area contributed by atoms with Crippen LogP contribution in [0.4, 0.5) is 5.13 Å². The van der Waals surface area contributed by atoms with E-state index >= 15 is 0 Å². The summed E-state index contributed by atoms with van der Waals surface area (Å²) in [5.74, 6) is 1.55. The molecule has 1 amide bonds. The molecule has 0 saturated carbocycles. The summed E-state index contributed by atoms with van der Waals surface area (Å²) in [6.07, 6.45) is 2.56. The molecule has 0 bridgehead atoms. The fourth-order valence-corrected chi connectivity index (χ4v) is 5.35. The second-order valence-corrected chi connectivity index (χ2v) is 9.53. The minimum absolute atomic E-state index is 0.0765. The summed E-state index contributed by atoms with van der Waals surface area (Å²) in [5, 5.41) is 0.718. The highest BCUT2D eigenvalue weighted by Gasteiger charge is 2.26. The summed E-state index contributed by atoms with van der Waals surface area (Å²) in [6, 6.07) is 14.3. The van der Waals surface area contributed by atoms with Crippen molar-refractivity contribution in [2.75, 3.05) is 30.9 Å². The lowest BCUT2D eigenvalue weighted by atomic mass is 10.2. The zero-order valence-electron chi connectivity index (χ0n) is 17.3. The van der Waals surface area contributed by atoms with E-state index in [0.717, 1.165) is 46.3 Å². The number of fused-ring (bicyclic) bond motifs is 1. The lowest BCUT2D eigenvalue weighted by Crippen LogP contribution is -2.37. The monoisotopic (exact) mass is 442 g/mol. The molecule has 1 aliphatic heterocycles. The first-order chi connectivity index (χ1) is 14.6. The summed E-state index contributed by atoms with van der Waals surface area (Å²) in [6.45, 7) is 3.40. The average Bonchev–Trinajstić information content (AvgIpc) is 3.42. The lowest BCUT2D eigenvalue weighted by Gasteiger charge is -2.23. The number of anilines is 1. The van der Waals surface area contributed by atoms with E-state index in [2.05, 4.69) is 31.2 Å². The molecule has 1 saturated heterocycles. The summed E-state index contributed by atoms with van der Waals surface area (Å²) in [5.41, 5.74) is 2.04. The van der Waals surface area contributed by atoms with Crippen molar-refractivity contribution >= 4 is 44.4 Å². The second kappa shape index (κ2) is 9.81. The Morgan fingerprint density at radius 1 is 1.30 bits per heavy atom. The third kappa shape index (κ3) is 4.96. The maximum Gasteiger partial charge on any atom is 0.229 e. The zero-order valence-corrected chi connectivity index (χ0v) is 18.9. The summed E-state index contributed by atoms with van der Waals surface area (Å²) in [4.78, 5) is 21.0. The number of aryl methyl sites for hydroxylation is 1. The summed E-state index contributed by atoms with van der Waals surface area (Å²) < 4.78 is 12.3. The molecule has 1 aliphatic rings. The van der Waals surface area contributed by atoms with E-state index < -0.39 is 0 Å². The topological polar surface area (TPSA) is 51.7 Å². The van der Waals surface area contributed by atoms with Crippen molar-refractivity contribution in [3.8, 4) is 5.75 Å². The van der Waals surface area contributed by atoms with Crippen LogP contribution < -0.4 is 9.64 Å². The molecule has 0 spiro atoms. The molecule has 1 fully saturated rings. The number of thioether (sulfide) groups is 1. The first-order valence-electron chi connectivity index (χ1n) is 10.2. The molecule has 0 N–H and O–H groups in total. The number of amides is 1. The van der Waals surface area contributed by atoms with E-state index in [1.54, 1.807) is 18.9 Å². The van der Waals surface area contributed by atoms with Crippen molar-refractivity contribution in [2.45, 2.75) is 37.2 Å². The Bertz CT molecular complexity index is 997. The number of para-hydroxylation sites is 1. The van der Waals surface area contributed by atoms with E-state index in [1.165, 1.54) is 21.8 Å². The highest BCUT2D eigenvalue weighted by atomic mass is 32.2. The van der Waals surface area contributed by atoms with Gasteiger partial charge in [-0.1, -0.05) is 35.1 Å². The van der Waals surface area contributed by atoms with Crippen molar-refractivity contribution < 1.29 is 14.3 Å². The van der Waals surface area contributed by atoms with Gasteiger partial charge in [0.05, 0.1) is 24.5 Å². The van der Waals surface area contributed by atoms with Crippen LogP contribution in [-0.4, -0.2) is 43.0 Å². The molecule has 5 nitrogen and oxygen atoms in total. The highest BCUT2D eigenvalue weighted by molar-refractivity contribution is 7.99. The zero-order chi connectivity index (χ0) is 20.9. The van der Waals surface area contributed by atoms with Crippen LogP contribution in [0.5, 0.6) is 5.75 Å². The van der Waals surface area contributed by atoms with Gasteiger partial charge in [0.25, 0.3) is 0 Å². The predicted molar refractivity (Wildman–Crippen MR) is 124 cm³/mol. The van der Waals surface area contributed by atoms with Gasteiger partial charge in [0.2, 0.25) is 5.91 Å². The number of carbonyl (C=O) groups excluding carboxylic acids is 1. The highest BCUT2D eigenvalue weighted by Crippen LogP contribution is 2.35. The van der Waals surface area contributed by atoms with Crippen LogP contribution in [-0.2, 0) is 9.53 Å². The molecule has 158 valence electrons. The normalized spacial score (nSPS) is 16.1. The number of ether oxygens (including phenoxy) is 2. The predicted octanol–water partition coefficient (Wildman–Crippen LogP) is 5.31. The van der Waals surface area contributed by atoms with Crippen molar-refractivity contribution in [3.63, 3.8) is 0 Å². The maximum absolute atomic E-state index is 13.2. The maximum atomic E-state index is 13.2. The van der Waals surface area contributed by atoms with Gasteiger partial charge in [-0.25, -0.2) is 4.98 Å². The van der Waals surface area contributed by atoms with E-state index in [4.69, 9.17) is 14.5 Å². The molecule has 30 heavy (non-hydrogen) atoms. The van der Waals surface area contributed by atoms with E-state index in [1.807, 2.05) is 23.1 Å². The largest absolute Gasteiger partial charge is 0.494 e. The molecular weight excluding hydrogens is 416 g/mol. The molecule has 3 aromatic rings. The number of hydrogen-bond donors (Lipinski definition) is 0. The molecule has 1 aromatic heterocycles. The van der Waals surface area contributed by atoms with Gasteiger partial charge in [-0.15, -0.1) is 11.8 Å². The Hall–Kier alpha value is -2.09. The number of aromatic nitrogens is 1. The Balaban J connectivity index is 1.50. The Kier molecular flexibility index (Phi) is 6.92. The van der Waals surface area contributed by atoms with Crippen LogP contribution in [0, 0.1) is 6.92 Å². The molecule has 7 heteroatoms. The van der Waals surface area contributed by atoms with Gasteiger partial charge < -0.3 is 9.47 Å². The van der Waals surface area contributed by atoms with Crippen LogP contribution in [0.1, 0.15) is 24.8 Å². The van der Waals surface area contributed by atoms with Gasteiger partial charge in [0.1, 0.15) is 11.3 Å². The number of benzene rings is 2. The fraction of sp³-hybridized carbons (Fsp3) is 0.391. The number of nitrogens with zero attached hydrogens (tertiary/aromatic N) is 2. The van der Waals surface area contributed by atoms with Gasteiger partial charge in [0.15, 0.2) is 5.13 Å². The SMILES string of the molecule is COc1cccc2sc(N(CC3CCCO3)C(=O)CCSc3ccc(C)cc3)nc12. The number of hydrogen-bond acceptors (Lipinski definition) is 6. The Labute approximate surface area is 185 Å². The minimum atomic E-state index is 0.0765. The average molecular weight is 443 g/mol. The quantitative estimate of drug-likeness (QED) is 0.443. The van der Waals surface area contributed by atoms with E-state index in [9.17, 15) is 4.79 Å². The molecule has 2 aromatic carbocycles. The smallest absolute Gasteiger partial charge is 0.229 e. The van der Waals surface area contributed by atoms with Gasteiger partial charge in [-0.2, -0.15) is 0 Å². The number of methoxy groups -OCH3 is 1. The van der Waals surface area contributed by atoms with Crippen LogP contribution in [0.15, 0.2) is 47.4 Å².